The summed E-state index contributed by atoms with van der Waals surface area (Å²) in [4.78, 5) is 0. The van der Waals surface area contributed by atoms with Gasteiger partial charge in [-0.15, -0.1) is 0 Å². The van der Waals surface area contributed by atoms with E-state index < -0.39 is 0 Å². The van der Waals surface area contributed by atoms with E-state index in [1.807, 2.05) is 0 Å². The van der Waals surface area contributed by atoms with Gasteiger partial charge >= 0.3 is 0 Å². The second kappa shape index (κ2) is 5.19. The second-order valence-electron chi connectivity index (χ2n) is 4.55. The van der Waals surface area contributed by atoms with Crippen molar-refractivity contribution in [3.05, 3.63) is 27.7 Å². The Kier molecular flexibility index (Phi) is 3.87. The lowest BCUT2D eigenvalue weighted by Crippen LogP contribution is -2.15. The van der Waals surface area contributed by atoms with E-state index in [-0.39, 0.29) is 0 Å². The van der Waals surface area contributed by atoms with Gasteiger partial charge in [0, 0.05) is 23.5 Å². The smallest absolute Gasteiger partial charge is 0.0514 e. The Hall–Kier alpha value is -0.540. The molecule has 1 N–H and O–H groups in total. The van der Waals surface area contributed by atoms with Crippen molar-refractivity contribution in [2.45, 2.75) is 20.3 Å². The van der Waals surface area contributed by atoms with Crippen LogP contribution in [0.3, 0.4) is 0 Å². The Bertz CT molecular complexity index is 349. The third kappa shape index (κ3) is 2.77. The van der Waals surface area contributed by atoms with E-state index in [2.05, 4.69) is 47.2 Å². The second-order valence-corrected chi connectivity index (χ2v) is 5.40. The fourth-order valence-electron chi connectivity index (χ4n) is 2.13. The molecule has 88 valence electrons. The van der Waals surface area contributed by atoms with E-state index in [4.69, 9.17) is 4.74 Å². The molecule has 1 aromatic rings. The van der Waals surface area contributed by atoms with E-state index in [0.29, 0.717) is 5.92 Å². The number of anilines is 1. The zero-order valence-electron chi connectivity index (χ0n) is 9.85. The Morgan fingerprint density at radius 3 is 2.88 bits per heavy atom. The number of benzene rings is 1. The van der Waals surface area contributed by atoms with Gasteiger partial charge in [0.1, 0.15) is 0 Å². The van der Waals surface area contributed by atoms with Crippen LogP contribution >= 0.6 is 15.9 Å². The lowest BCUT2D eigenvalue weighted by molar-refractivity contribution is 0.187. The summed E-state index contributed by atoms with van der Waals surface area (Å²) in [6.07, 6.45) is 1.18. The molecule has 1 saturated heterocycles. The van der Waals surface area contributed by atoms with E-state index >= 15 is 0 Å². The van der Waals surface area contributed by atoms with Gasteiger partial charge in [-0.3, -0.25) is 0 Å². The zero-order chi connectivity index (χ0) is 11.5. The highest BCUT2D eigenvalue weighted by atomic mass is 79.9. The Labute approximate surface area is 106 Å². The average Bonchev–Trinajstić information content (AvgIpc) is 2.68. The largest absolute Gasteiger partial charge is 0.384 e. The van der Waals surface area contributed by atoms with Crippen LogP contribution in [-0.2, 0) is 4.74 Å². The molecule has 1 unspecified atom stereocenters. The van der Waals surface area contributed by atoms with Crippen molar-refractivity contribution in [2.24, 2.45) is 5.92 Å². The quantitative estimate of drug-likeness (QED) is 0.917. The molecule has 1 fully saturated rings. The van der Waals surface area contributed by atoms with Crippen LogP contribution in [0.5, 0.6) is 0 Å². The summed E-state index contributed by atoms with van der Waals surface area (Å²) in [6, 6.07) is 4.36. The highest BCUT2D eigenvalue weighted by Gasteiger charge is 2.16. The molecule has 1 aliphatic heterocycles. The van der Waals surface area contributed by atoms with Gasteiger partial charge < -0.3 is 10.1 Å². The van der Waals surface area contributed by atoms with Gasteiger partial charge in [-0.05, 0) is 53.4 Å². The number of nitrogens with one attached hydrogen (secondary N) is 1. The molecule has 16 heavy (non-hydrogen) atoms. The normalized spacial score (nSPS) is 20.1. The van der Waals surface area contributed by atoms with E-state index in [9.17, 15) is 0 Å². The number of hydrogen-bond donors (Lipinski definition) is 1. The van der Waals surface area contributed by atoms with Gasteiger partial charge in [0.15, 0.2) is 0 Å². The number of aryl methyl sites for hydroxylation is 2. The summed E-state index contributed by atoms with van der Waals surface area (Å²) < 4.78 is 6.53. The summed E-state index contributed by atoms with van der Waals surface area (Å²) >= 11 is 3.61. The van der Waals surface area contributed by atoms with Crippen LogP contribution in [0.2, 0.25) is 0 Å². The number of rotatable bonds is 3. The first-order chi connectivity index (χ1) is 7.66. The van der Waals surface area contributed by atoms with Crippen molar-refractivity contribution >= 4 is 21.6 Å². The fourth-order valence-corrected chi connectivity index (χ4v) is 2.94. The predicted molar refractivity (Wildman–Crippen MR) is 71.0 cm³/mol. The van der Waals surface area contributed by atoms with Crippen molar-refractivity contribution in [3.63, 3.8) is 0 Å². The molecular weight excluding hydrogens is 266 g/mol. The van der Waals surface area contributed by atoms with Gasteiger partial charge in [-0.25, -0.2) is 0 Å². The number of hydrogen-bond acceptors (Lipinski definition) is 2. The van der Waals surface area contributed by atoms with Crippen LogP contribution in [0, 0.1) is 19.8 Å². The average molecular weight is 284 g/mol. The van der Waals surface area contributed by atoms with E-state index in [0.717, 1.165) is 24.2 Å². The first-order valence-corrected chi connectivity index (χ1v) is 6.54. The molecule has 3 heteroatoms. The van der Waals surface area contributed by atoms with Gasteiger partial charge in [0.25, 0.3) is 0 Å². The third-order valence-electron chi connectivity index (χ3n) is 3.02. The molecule has 0 spiro atoms. The fraction of sp³-hybridized carbons (Fsp3) is 0.538. The summed E-state index contributed by atoms with van der Waals surface area (Å²) in [5, 5.41) is 3.52. The maximum Gasteiger partial charge on any atom is 0.0514 e. The Morgan fingerprint density at radius 1 is 1.44 bits per heavy atom. The Morgan fingerprint density at radius 2 is 2.25 bits per heavy atom. The van der Waals surface area contributed by atoms with Crippen molar-refractivity contribution in [1.82, 2.24) is 0 Å². The SMILES string of the molecule is Cc1cc(C)c(NCC2CCOC2)c(Br)c1. The molecule has 1 aliphatic rings. The maximum absolute atomic E-state index is 5.37. The number of ether oxygens (including phenoxy) is 1. The summed E-state index contributed by atoms with van der Waals surface area (Å²) in [6.45, 7) is 7.08. The highest BCUT2D eigenvalue weighted by molar-refractivity contribution is 9.10. The lowest BCUT2D eigenvalue weighted by atomic mass is 10.1. The van der Waals surface area contributed by atoms with Gasteiger partial charge in [0.05, 0.1) is 12.3 Å². The molecule has 0 aliphatic carbocycles. The minimum absolute atomic E-state index is 0.660. The van der Waals surface area contributed by atoms with Crippen LogP contribution < -0.4 is 5.32 Å². The lowest BCUT2D eigenvalue weighted by Gasteiger charge is -2.15. The van der Waals surface area contributed by atoms with Crippen LogP contribution in [-0.4, -0.2) is 19.8 Å². The van der Waals surface area contributed by atoms with Crippen molar-refractivity contribution in [2.75, 3.05) is 25.1 Å². The molecule has 0 amide bonds. The third-order valence-corrected chi connectivity index (χ3v) is 3.65. The molecule has 0 aromatic heterocycles. The van der Waals surface area contributed by atoms with Gasteiger partial charge in [-0.2, -0.15) is 0 Å². The summed E-state index contributed by atoms with van der Waals surface area (Å²) in [5.74, 6) is 0.660. The molecule has 0 bridgehead atoms. The molecule has 2 nitrogen and oxygen atoms in total. The first kappa shape index (κ1) is 11.9. The predicted octanol–water partition coefficient (Wildman–Crippen LogP) is 3.51. The summed E-state index contributed by atoms with van der Waals surface area (Å²) in [5.41, 5.74) is 3.81. The number of halogens is 1. The van der Waals surface area contributed by atoms with Crippen molar-refractivity contribution in [1.29, 1.82) is 0 Å². The van der Waals surface area contributed by atoms with Crippen molar-refractivity contribution in [3.8, 4) is 0 Å². The molecular formula is C13H18BrNO. The van der Waals surface area contributed by atoms with Crippen LogP contribution in [0.15, 0.2) is 16.6 Å². The molecule has 1 heterocycles. The molecule has 0 radical (unpaired) electrons. The first-order valence-electron chi connectivity index (χ1n) is 5.75. The standard InChI is InChI=1S/C13H18BrNO/c1-9-5-10(2)13(12(14)6-9)15-7-11-3-4-16-8-11/h5-6,11,15H,3-4,7-8H2,1-2H3. The van der Waals surface area contributed by atoms with Crippen LogP contribution in [0.1, 0.15) is 17.5 Å². The minimum Gasteiger partial charge on any atom is -0.384 e. The molecule has 0 saturated carbocycles. The Balaban J connectivity index is 2.03. The van der Waals surface area contributed by atoms with Crippen LogP contribution in [0.4, 0.5) is 5.69 Å². The van der Waals surface area contributed by atoms with E-state index in [1.165, 1.54) is 23.2 Å². The minimum atomic E-state index is 0.660. The molecule has 2 rings (SSSR count). The van der Waals surface area contributed by atoms with E-state index in [1.54, 1.807) is 0 Å². The van der Waals surface area contributed by atoms with Gasteiger partial charge in [-0.1, -0.05) is 6.07 Å². The topological polar surface area (TPSA) is 21.3 Å². The van der Waals surface area contributed by atoms with Gasteiger partial charge in [0.2, 0.25) is 0 Å². The van der Waals surface area contributed by atoms with Crippen molar-refractivity contribution < 1.29 is 4.74 Å². The molecule has 1 atom stereocenters. The van der Waals surface area contributed by atoms with Crippen LogP contribution in [0.25, 0.3) is 0 Å². The maximum atomic E-state index is 5.37. The molecule has 1 aromatic carbocycles. The monoisotopic (exact) mass is 283 g/mol. The summed E-state index contributed by atoms with van der Waals surface area (Å²) in [7, 11) is 0. The zero-order valence-corrected chi connectivity index (χ0v) is 11.4. The highest BCUT2D eigenvalue weighted by Crippen LogP contribution is 2.28.